The molecule has 0 radical (unpaired) electrons. The predicted octanol–water partition coefficient (Wildman–Crippen LogP) is 1.96. The van der Waals surface area contributed by atoms with Crippen molar-refractivity contribution < 1.29 is 18.3 Å². The first kappa shape index (κ1) is 14.0. The Labute approximate surface area is 105 Å². The van der Waals surface area contributed by atoms with E-state index in [1.807, 2.05) is 0 Å². The van der Waals surface area contributed by atoms with Gasteiger partial charge in [0.15, 0.2) is 0 Å². The lowest BCUT2D eigenvalue weighted by Gasteiger charge is -2.10. The summed E-state index contributed by atoms with van der Waals surface area (Å²) in [5, 5.41) is 0. The summed E-state index contributed by atoms with van der Waals surface area (Å²) in [6.07, 6.45) is -2.79. The maximum atomic E-state index is 12.6. The number of alkyl halides is 2. The Hall–Kier alpha value is -1.08. The molecule has 17 heavy (non-hydrogen) atoms. The molecule has 7 heteroatoms. The molecule has 0 aliphatic carbocycles. The quantitative estimate of drug-likeness (QED) is 0.682. The molecule has 0 spiro atoms. The van der Waals surface area contributed by atoms with Crippen molar-refractivity contribution in [2.24, 2.45) is 5.73 Å². The molecule has 1 rings (SSSR count). The molecule has 0 unspecified atom stereocenters. The largest absolute Gasteiger partial charge is 0.469 e. The van der Waals surface area contributed by atoms with Gasteiger partial charge in [0.1, 0.15) is 4.60 Å². The van der Waals surface area contributed by atoms with Gasteiger partial charge in [-0.3, -0.25) is 4.79 Å². The lowest BCUT2D eigenvalue weighted by molar-refractivity contribution is -0.139. The number of carbonyl (C=O) groups is 1. The Bertz CT molecular complexity index is 427. The Morgan fingerprint density at radius 1 is 1.65 bits per heavy atom. The van der Waals surface area contributed by atoms with Crippen LogP contribution in [0.25, 0.3) is 0 Å². The van der Waals surface area contributed by atoms with E-state index in [0.29, 0.717) is 11.3 Å². The molecule has 4 nitrogen and oxygen atoms in total. The van der Waals surface area contributed by atoms with Crippen molar-refractivity contribution >= 4 is 21.9 Å². The van der Waals surface area contributed by atoms with Crippen molar-refractivity contribution in [1.29, 1.82) is 0 Å². The van der Waals surface area contributed by atoms with E-state index in [-0.39, 0.29) is 23.1 Å². The maximum Gasteiger partial charge on any atom is 0.310 e. The highest BCUT2D eigenvalue weighted by Crippen LogP contribution is 2.28. The van der Waals surface area contributed by atoms with E-state index in [0.717, 1.165) is 0 Å². The Balaban J connectivity index is 3.16. The SMILES string of the molecule is COC(=O)Cc1cc(C(F)F)c(Br)nc1CN. The maximum absolute atomic E-state index is 12.6. The van der Waals surface area contributed by atoms with E-state index in [1.165, 1.54) is 13.2 Å². The number of esters is 1. The molecule has 0 bridgehead atoms. The van der Waals surface area contributed by atoms with E-state index >= 15 is 0 Å². The third kappa shape index (κ3) is 3.44. The molecule has 0 fully saturated rings. The number of ether oxygens (including phenoxy) is 1. The van der Waals surface area contributed by atoms with Crippen LogP contribution in [-0.2, 0) is 22.5 Å². The lowest BCUT2D eigenvalue weighted by atomic mass is 10.1. The number of nitrogens with zero attached hydrogens (tertiary/aromatic N) is 1. The van der Waals surface area contributed by atoms with E-state index < -0.39 is 12.4 Å². The number of carbonyl (C=O) groups excluding carboxylic acids is 1. The normalized spacial score (nSPS) is 10.7. The van der Waals surface area contributed by atoms with Gasteiger partial charge in [0.25, 0.3) is 6.43 Å². The van der Waals surface area contributed by atoms with Crippen molar-refractivity contribution in [3.8, 4) is 0 Å². The molecule has 94 valence electrons. The van der Waals surface area contributed by atoms with Crippen LogP contribution < -0.4 is 5.73 Å². The fourth-order valence-electron chi connectivity index (χ4n) is 1.30. The monoisotopic (exact) mass is 308 g/mol. The zero-order valence-electron chi connectivity index (χ0n) is 9.04. The third-order valence-electron chi connectivity index (χ3n) is 2.16. The molecule has 1 heterocycles. The minimum atomic E-state index is -2.67. The third-order valence-corrected chi connectivity index (χ3v) is 2.80. The Morgan fingerprint density at radius 3 is 2.76 bits per heavy atom. The van der Waals surface area contributed by atoms with Gasteiger partial charge in [-0.2, -0.15) is 0 Å². The smallest absolute Gasteiger partial charge is 0.310 e. The van der Waals surface area contributed by atoms with E-state index in [1.54, 1.807) is 0 Å². The number of hydrogen-bond acceptors (Lipinski definition) is 4. The standard InChI is InChI=1S/C10H11BrF2N2O2/c1-17-8(16)3-5-2-6(10(12)13)9(11)15-7(5)4-14/h2,10H,3-4,14H2,1H3. The number of pyridine rings is 1. The average molecular weight is 309 g/mol. The van der Waals surface area contributed by atoms with Crippen LogP contribution in [0.4, 0.5) is 8.78 Å². The van der Waals surface area contributed by atoms with Gasteiger partial charge in [0.2, 0.25) is 0 Å². The molecular formula is C10H11BrF2N2O2. The average Bonchev–Trinajstić information content (AvgIpc) is 2.30. The highest BCUT2D eigenvalue weighted by atomic mass is 79.9. The van der Waals surface area contributed by atoms with Gasteiger partial charge in [-0.25, -0.2) is 13.8 Å². The zero-order valence-corrected chi connectivity index (χ0v) is 10.6. The number of hydrogen-bond donors (Lipinski definition) is 1. The fourth-order valence-corrected chi connectivity index (χ4v) is 1.80. The first-order chi connectivity index (χ1) is 7.99. The molecule has 2 N–H and O–H groups in total. The summed E-state index contributed by atoms with van der Waals surface area (Å²) in [6, 6.07) is 1.22. The minimum Gasteiger partial charge on any atom is -0.469 e. The summed E-state index contributed by atoms with van der Waals surface area (Å²) in [7, 11) is 1.23. The van der Waals surface area contributed by atoms with Gasteiger partial charge >= 0.3 is 5.97 Å². The topological polar surface area (TPSA) is 65.2 Å². The van der Waals surface area contributed by atoms with Gasteiger partial charge in [0.05, 0.1) is 24.8 Å². The Morgan fingerprint density at radius 2 is 2.29 bits per heavy atom. The van der Waals surface area contributed by atoms with Crippen LogP contribution in [0.3, 0.4) is 0 Å². The summed E-state index contributed by atoms with van der Waals surface area (Å²) < 4.78 is 29.8. The van der Waals surface area contributed by atoms with Gasteiger partial charge < -0.3 is 10.5 Å². The van der Waals surface area contributed by atoms with Crippen molar-refractivity contribution in [3.63, 3.8) is 0 Å². The summed E-state index contributed by atoms with van der Waals surface area (Å²) in [6.45, 7) is 0.0639. The number of nitrogens with two attached hydrogens (primary N) is 1. The van der Waals surface area contributed by atoms with Crippen LogP contribution in [0.2, 0.25) is 0 Å². The van der Waals surface area contributed by atoms with Crippen LogP contribution in [-0.4, -0.2) is 18.1 Å². The van der Waals surface area contributed by atoms with Crippen LogP contribution >= 0.6 is 15.9 Å². The summed E-state index contributed by atoms with van der Waals surface area (Å²) in [5.41, 5.74) is 5.93. The fraction of sp³-hybridized carbons (Fsp3) is 0.400. The number of rotatable bonds is 4. The van der Waals surface area contributed by atoms with E-state index in [9.17, 15) is 13.6 Å². The molecule has 0 aromatic carbocycles. The molecular weight excluding hydrogens is 298 g/mol. The predicted molar refractivity (Wildman–Crippen MR) is 60.5 cm³/mol. The second kappa shape index (κ2) is 6.02. The molecule has 1 aromatic rings. The zero-order chi connectivity index (χ0) is 13.0. The molecule has 0 aliphatic rings. The van der Waals surface area contributed by atoms with E-state index in [2.05, 4.69) is 25.7 Å². The van der Waals surface area contributed by atoms with Crippen LogP contribution in [0.5, 0.6) is 0 Å². The summed E-state index contributed by atoms with van der Waals surface area (Å²) in [5.74, 6) is -0.524. The molecule has 0 aliphatic heterocycles. The number of methoxy groups -OCH3 is 1. The summed E-state index contributed by atoms with van der Waals surface area (Å²) in [4.78, 5) is 15.0. The Kier molecular flexibility index (Phi) is 4.95. The second-order valence-corrected chi connectivity index (χ2v) is 3.98. The molecule has 0 saturated heterocycles. The van der Waals surface area contributed by atoms with Gasteiger partial charge in [-0.15, -0.1) is 0 Å². The molecule has 1 aromatic heterocycles. The molecule has 0 saturated carbocycles. The van der Waals surface area contributed by atoms with Crippen molar-refractivity contribution in [1.82, 2.24) is 4.98 Å². The highest BCUT2D eigenvalue weighted by Gasteiger charge is 2.18. The van der Waals surface area contributed by atoms with Crippen LogP contribution in [0, 0.1) is 0 Å². The second-order valence-electron chi connectivity index (χ2n) is 3.23. The van der Waals surface area contributed by atoms with Crippen molar-refractivity contribution in [2.45, 2.75) is 19.4 Å². The molecule has 0 amide bonds. The van der Waals surface area contributed by atoms with Gasteiger partial charge in [0, 0.05) is 6.54 Å². The minimum absolute atomic E-state index is 0.0431. The summed E-state index contributed by atoms with van der Waals surface area (Å²) >= 11 is 2.94. The number of halogens is 3. The first-order valence-corrected chi connectivity index (χ1v) is 5.52. The van der Waals surface area contributed by atoms with E-state index in [4.69, 9.17) is 5.73 Å². The van der Waals surface area contributed by atoms with Crippen LogP contribution in [0.15, 0.2) is 10.7 Å². The lowest BCUT2D eigenvalue weighted by Crippen LogP contribution is -2.12. The van der Waals surface area contributed by atoms with Crippen molar-refractivity contribution in [2.75, 3.05) is 7.11 Å². The number of aromatic nitrogens is 1. The molecule has 0 atom stereocenters. The van der Waals surface area contributed by atoms with Crippen molar-refractivity contribution in [3.05, 3.63) is 27.5 Å². The highest BCUT2D eigenvalue weighted by molar-refractivity contribution is 9.10. The van der Waals surface area contributed by atoms with Crippen LogP contribution in [0.1, 0.15) is 23.2 Å². The first-order valence-electron chi connectivity index (χ1n) is 4.72. The van der Waals surface area contributed by atoms with Gasteiger partial charge in [-0.1, -0.05) is 0 Å². The van der Waals surface area contributed by atoms with Gasteiger partial charge in [-0.05, 0) is 27.6 Å².